The number of rotatable bonds is 3. The normalized spacial score (nSPS) is 11.5. The second-order valence-corrected chi connectivity index (χ2v) is 6.10. The van der Waals surface area contributed by atoms with Gasteiger partial charge in [0.2, 0.25) is 0 Å². The number of thioether (sulfide) groups is 1. The Balaban J connectivity index is 2.97. The van der Waals surface area contributed by atoms with Crippen molar-refractivity contribution in [1.82, 2.24) is 9.97 Å². The molecule has 0 N–H and O–H groups in total. The van der Waals surface area contributed by atoms with E-state index in [-0.39, 0.29) is 4.75 Å². The molecule has 0 radical (unpaired) electrons. The molecule has 0 aliphatic rings. The van der Waals surface area contributed by atoms with Crippen molar-refractivity contribution in [2.24, 2.45) is 0 Å². The molecule has 1 aromatic heterocycles. The molecule has 0 aromatic carbocycles. The first-order valence-electron chi connectivity index (χ1n) is 5.05. The van der Waals surface area contributed by atoms with Crippen molar-refractivity contribution in [2.45, 2.75) is 43.9 Å². The van der Waals surface area contributed by atoms with Crippen molar-refractivity contribution in [3.05, 3.63) is 11.8 Å². The molecule has 4 heteroatoms. The molecular formula is C11H18N2OS. The van der Waals surface area contributed by atoms with Gasteiger partial charge in [0.25, 0.3) is 0 Å². The average Bonchev–Trinajstić information content (AvgIpc) is 2.14. The van der Waals surface area contributed by atoms with Crippen molar-refractivity contribution in [3.8, 4) is 6.01 Å². The van der Waals surface area contributed by atoms with Crippen molar-refractivity contribution >= 4 is 11.8 Å². The van der Waals surface area contributed by atoms with Gasteiger partial charge in [0, 0.05) is 10.4 Å². The minimum Gasteiger partial charge on any atom is -0.467 e. The SMILES string of the molecule is CCc1cc(SC(C)(C)C)nc(OC)n1. The van der Waals surface area contributed by atoms with Crippen LogP contribution in [0.4, 0.5) is 0 Å². The minimum atomic E-state index is 0.157. The van der Waals surface area contributed by atoms with Crippen LogP contribution < -0.4 is 4.74 Å². The Hall–Kier alpha value is -0.770. The summed E-state index contributed by atoms with van der Waals surface area (Å²) in [6.07, 6.45) is 0.899. The number of methoxy groups -OCH3 is 1. The van der Waals surface area contributed by atoms with Crippen molar-refractivity contribution in [2.75, 3.05) is 7.11 Å². The van der Waals surface area contributed by atoms with Crippen LogP contribution in [0.15, 0.2) is 11.1 Å². The molecule has 1 aromatic rings. The summed E-state index contributed by atoms with van der Waals surface area (Å²) >= 11 is 1.73. The summed E-state index contributed by atoms with van der Waals surface area (Å²) in [6, 6.07) is 2.49. The summed E-state index contributed by atoms with van der Waals surface area (Å²) < 4.78 is 5.23. The van der Waals surface area contributed by atoms with E-state index in [1.807, 2.05) is 6.07 Å². The summed E-state index contributed by atoms with van der Waals surface area (Å²) in [5.74, 6) is 0. The topological polar surface area (TPSA) is 35.0 Å². The number of hydrogen-bond donors (Lipinski definition) is 0. The third-order valence-corrected chi connectivity index (χ3v) is 2.72. The maximum Gasteiger partial charge on any atom is 0.317 e. The van der Waals surface area contributed by atoms with Crippen LogP contribution in [-0.2, 0) is 6.42 Å². The van der Waals surface area contributed by atoms with E-state index in [1.165, 1.54) is 0 Å². The van der Waals surface area contributed by atoms with Crippen LogP contribution in [0.2, 0.25) is 0 Å². The fourth-order valence-corrected chi connectivity index (χ4v) is 2.03. The van der Waals surface area contributed by atoms with Gasteiger partial charge in [-0.05, 0) is 12.5 Å². The monoisotopic (exact) mass is 226 g/mol. The Morgan fingerprint density at radius 3 is 2.47 bits per heavy atom. The van der Waals surface area contributed by atoms with Crippen molar-refractivity contribution in [3.63, 3.8) is 0 Å². The largest absolute Gasteiger partial charge is 0.467 e. The summed E-state index contributed by atoms with van der Waals surface area (Å²) in [7, 11) is 1.60. The molecule has 15 heavy (non-hydrogen) atoms. The lowest BCUT2D eigenvalue weighted by molar-refractivity contribution is 0.374. The molecule has 0 fully saturated rings. The molecule has 0 saturated carbocycles. The van der Waals surface area contributed by atoms with E-state index >= 15 is 0 Å². The van der Waals surface area contributed by atoms with Crippen LogP contribution in [0.5, 0.6) is 6.01 Å². The van der Waals surface area contributed by atoms with E-state index in [0.29, 0.717) is 6.01 Å². The molecule has 1 rings (SSSR count). The van der Waals surface area contributed by atoms with Gasteiger partial charge in [-0.15, -0.1) is 11.8 Å². The van der Waals surface area contributed by atoms with Gasteiger partial charge in [0.15, 0.2) is 0 Å². The number of nitrogens with zero attached hydrogens (tertiary/aromatic N) is 2. The minimum absolute atomic E-state index is 0.157. The number of aromatic nitrogens is 2. The summed E-state index contributed by atoms with van der Waals surface area (Å²) in [5.41, 5.74) is 1.02. The Morgan fingerprint density at radius 1 is 1.33 bits per heavy atom. The van der Waals surface area contributed by atoms with Crippen LogP contribution in [-0.4, -0.2) is 21.8 Å². The number of hydrogen-bond acceptors (Lipinski definition) is 4. The van der Waals surface area contributed by atoms with Crippen molar-refractivity contribution < 1.29 is 4.74 Å². The zero-order valence-electron chi connectivity index (χ0n) is 10.00. The predicted molar refractivity (Wildman–Crippen MR) is 63.6 cm³/mol. The average molecular weight is 226 g/mol. The van der Waals surface area contributed by atoms with Crippen LogP contribution in [0, 0.1) is 0 Å². The van der Waals surface area contributed by atoms with Crippen LogP contribution in [0.1, 0.15) is 33.4 Å². The van der Waals surface area contributed by atoms with Gasteiger partial charge < -0.3 is 4.74 Å². The van der Waals surface area contributed by atoms with E-state index in [9.17, 15) is 0 Å². The second kappa shape index (κ2) is 4.84. The number of ether oxygens (including phenoxy) is 1. The lowest BCUT2D eigenvalue weighted by Crippen LogP contribution is -2.08. The molecule has 0 aliphatic carbocycles. The van der Waals surface area contributed by atoms with Gasteiger partial charge in [-0.2, -0.15) is 4.98 Å². The maximum atomic E-state index is 5.08. The fourth-order valence-electron chi connectivity index (χ4n) is 1.09. The summed E-state index contributed by atoms with van der Waals surface area (Å²) in [6.45, 7) is 8.57. The molecule has 1 heterocycles. The first kappa shape index (κ1) is 12.3. The van der Waals surface area contributed by atoms with E-state index in [1.54, 1.807) is 18.9 Å². The third kappa shape index (κ3) is 4.08. The second-order valence-electron chi connectivity index (χ2n) is 4.25. The molecule has 0 unspecified atom stereocenters. The fraction of sp³-hybridized carbons (Fsp3) is 0.636. The molecular weight excluding hydrogens is 208 g/mol. The third-order valence-electron chi connectivity index (χ3n) is 1.69. The van der Waals surface area contributed by atoms with Gasteiger partial charge in [-0.1, -0.05) is 27.7 Å². The van der Waals surface area contributed by atoms with E-state index < -0.39 is 0 Å². The summed E-state index contributed by atoms with van der Waals surface area (Å²) in [4.78, 5) is 8.57. The van der Waals surface area contributed by atoms with Crippen LogP contribution >= 0.6 is 11.8 Å². The van der Waals surface area contributed by atoms with Crippen LogP contribution in [0.25, 0.3) is 0 Å². The van der Waals surface area contributed by atoms with Gasteiger partial charge in [0.05, 0.1) is 7.11 Å². The Kier molecular flexibility index (Phi) is 3.97. The van der Waals surface area contributed by atoms with E-state index in [0.717, 1.165) is 17.1 Å². The zero-order valence-corrected chi connectivity index (χ0v) is 10.8. The smallest absolute Gasteiger partial charge is 0.317 e. The molecule has 0 amide bonds. The molecule has 0 atom stereocenters. The maximum absolute atomic E-state index is 5.08. The van der Waals surface area contributed by atoms with Gasteiger partial charge in [-0.3, -0.25) is 0 Å². The predicted octanol–water partition coefficient (Wildman–Crippen LogP) is 2.94. The van der Waals surface area contributed by atoms with Crippen molar-refractivity contribution in [1.29, 1.82) is 0 Å². The highest BCUT2D eigenvalue weighted by molar-refractivity contribution is 8.00. The van der Waals surface area contributed by atoms with Gasteiger partial charge in [0.1, 0.15) is 5.03 Å². The standard InChI is InChI=1S/C11H18N2OS/c1-6-8-7-9(15-11(2,3)4)13-10(12-8)14-5/h7H,6H2,1-5H3. The molecule has 0 saturated heterocycles. The number of aryl methyl sites for hydroxylation is 1. The first-order valence-corrected chi connectivity index (χ1v) is 5.87. The van der Waals surface area contributed by atoms with Gasteiger partial charge >= 0.3 is 6.01 Å². The Labute approximate surface area is 95.7 Å². The lowest BCUT2D eigenvalue weighted by atomic mass is 10.3. The Bertz CT molecular complexity index is 312. The van der Waals surface area contributed by atoms with E-state index in [4.69, 9.17) is 4.74 Å². The molecule has 0 bridgehead atoms. The molecule has 84 valence electrons. The molecule has 3 nitrogen and oxygen atoms in total. The van der Waals surface area contributed by atoms with Gasteiger partial charge in [-0.25, -0.2) is 4.98 Å². The first-order chi connectivity index (χ1) is 6.94. The lowest BCUT2D eigenvalue weighted by Gasteiger charge is -2.17. The van der Waals surface area contributed by atoms with E-state index in [2.05, 4.69) is 37.7 Å². The molecule has 0 aliphatic heterocycles. The zero-order chi connectivity index (χ0) is 11.5. The quantitative estimate of drug-likeness (QED) is 0.586. The highest BCUT2D eigenvalue weighted by atomic mass is 32.2. The summed E-state index contributed by atoms with van der Waals surface area (Å²) in [5, 5.41) is 0.978. The van der Waals surface area contributed by atoms with Crippen LogP contribution in [0.3, 0.4) is 0 Å². The Morgan fingerprint density at radius 2 is 2.00 bits per heavy atom. The molecule has 0 spiro atoms. The highest BCUT2D eigenvalue weighted by Gasteiger charge is 2.14. The highest BCUT2D eigenvalue weighted by Crippen LogP contribution is 2.31.